The molecule has 8 nitrogen and oxygen atoms in total. The van der Waals surface area contributed by atoms with E-state index in [4.69, 9.17) is 5.73 Å². The number of aliphatic imine (C=N–C) groups is 2. The van der Waals surface area contributed by atoms with Crippen molar-refractivity contribution in [3.63, 3.8) is 0 Å². The number of pyridine rings is 1. The first-order chi connectivity index (χ1) is 18.9. The van der Waals surface area contributed by atoms with Gasteiger partial charge in [-0.2, -0.15) is 0 Å². The fourth-order valence-electron chi connectivity index (χ4n) is 5.96. The summed E-state index contributed by atoms with van der Waals surface area (Å²) in [7, 11) is 2.20. The molecule has 0 saturated carbocycles. The first-order valence-electron chi connectivity index (χ1n) is 13.7. The number of likely N-dealkylation sites (tertiary alicyclic amines) is 2. The largest absolute Gasteiger partial charge is 0.402 e. The van der Waals surface area contributed by atoms with E-state index in [9.17, 15) is 8.78 Å². The van der Waals surface area contributed by atoms with Crippen LogP contribution >= 0.6 is 0 Å². The first-order valence-corrected chi connectivity index (χ1v) is 13.7. The van der Waals surface area contributed by atoms with Gasteiger partial charge in [-0.15, -0.1) is 0 Å². The highest BCUT2D eigenvalue weighted by molar-refractivity contribution is 6.12. The maximum absolute atomic E-state index is 14.9. The van der Waals surface area contributed by atoms with Gasteiger partial charge >= 0.3 is 0 Å². The molecule has 1 spiro atoms. The molecule has 208 valence electrons. The van der Waals surface area contributed by atoms with Crippen molar-refractivity contribution in [2.24, 2.45) is 21.1 Å². The number of allylic oxidation sites excluding steroid dienone is 1. The zero-order chi connectivity index (χ0) is 27.4. The topological polar surface area (TPSA) is 85.4 Å². The summed E-state index contributed by atoms with van der Waals surface area (Å²) in [5, 5.41) is 3.11. The molecular weight excluding hydrogens is 498 g/mol. The number of nitrogens with two attached hydrogens (primary N) is 1. The van der Waals surface area contributed by atoms with Gasteiger partial charge in [-0.1, -0.05) is 6.07 Å². The monoisotopic (exact) mass is 536 g/mol. The van der Waals surface area contributed by atoms with Crippen LogP contribution in [0, 0.1) is 11.2 Å². The van der Waals surface area contributed by atoms with Crippen LogP contribution in [0.2, 0.25) is 0 Å². The van der Waals surface area contributed by atoms with Crippen LogP contribution in [-0.4, -0.2) is 80.2 Å². The molecule has 0 amide bonds. The number of aromatic nitrogens is 1. The lowest BCUT2D eigenvalue weighted by atomic mass is 9.72. The van der Waals surface area contributed by atoms with E-state index in [1.165, 1.54) is 32.0 Å². The summed E-state index contributed by atoms with van der Waals surface area (Å²) in [6, 6.07) is 6.89. The number of hydrogen-bond acceptors (Lipinski definition) is 8. The molecule has 3 aliphatic heterocycles. The first kappa shape index (κ1) is 27.2. The number of piperidine rings is 1. The van der Waals surface area contributed by atoms with E-state index in [2.05, 4.69) is 49.9 Å². The second-order valence-corrected chi connectivity index (χ2v) is 11.0. The normalized spacial score (nSPS) is 20.3. The van der Waals surface area contributed by atoms with Crippen molar-refractivity contribution in [3.05, 3.63) is 59.4 Å². The lowest BCUT2D eigenvalue weighted by Gasteiger charge is -2.54. The van der Waals surface area contributed by atoms with Crippen LogP contribution in [-0.2, 0) is 6.54 Å². The Hall–Kier alpha value is -3.37. The van der Waals surface area contributed by atoms with Gasteiger partial charge in [-0.05, 0) is 81.7 Å². The second kappa shape index (κ2) is 11.8. The standard InChI is InChI=1S/C29H38F2N8/c1-33-28-23(30)13-22(14-25(28)39-9-3-4-10-39)27(24(31)15-32)36-20-35-26-6-5-21(16-34-26)17-38-18-29(19-38)7-11-37(2)12-8-29/h5-6,13-16H,1,3-4,7-12,17-20,32H2,2H3,(H,34,35)/b24-15+,36-27-. The maximum Gasteiger partial charge on any atom is 0.164 e. The second-order valence-electron chi connectivity index (χ2n) is 11.0. The highest BCUT2D eigenvalue weighted by Gasteiger charge is 2.43. The van der Waals surface area contributed by atoms with Gasteiger partial charge in [-0.25, -0.2) is 13.8 Å². The molecule has 10 heteroatoms. The maximum atomic E-state index is 14.9. The molecule has 3 saturated heterocycles. The summed E-state index contributed by atoms with van der Waals surface area (Å²) in [5.41, 5.74) is 8.16. The molecule has 4 heterocycles. The Kier molecular flexibility index (Phi) is 8.23. The van der Waals surface area contributed by atoms with Gasteiger partial charge in [0, 0.05) is 50.7 Å². The Labute approximate surface area is 229 Å². The predicted octanol–water partition coefficient (Wildman–Crippen LogP) is 4.31. The quantitative estimate of drug-likeness (QED) is 0.465. The van der Waals surface area contributed by atoms with E-state index in [-0.39, 0.29) is 18.1 Å². The minimum Gasteiger partial charge on any atom is -0.402 e. The van der Waals surface area contributed by atoms with Crippen LogP contribution < -0.4 is 16.0 Å². The van der Waals surface area contributed by atoms with E-state index in [0.717, 1.165) is 57.3 Å². The van der Waals surface area contributed by atoms with E-state index < -0.39 is 11.6 Å². The summed E-state index contributed by atoms with van der Waals surface area (Å²) >= 11 is 0. The molecule has 3 aliphatic rings. The van der Waals surface area contributed by atoms with Gasteiger partial charge in [0.2, 0.25) is 0 Å². The molecule has 1 aromatic carbocycles. The molecule has 0 unspecified atom stereocenters. The van der Waals surface area contributed by atoms with Crippen LogP contribution in [0.4, 0.5) is 26.0 Å². The van der Waals surface area contributed by atoms with Crippen molar-refractivity contribution in [1.29, 1.82) is 0 Å². The Morgan fingerprint density at radius 2 is 1.92 bits per heavy atom. The summed E-state index contributed by atoms with van der Waals surface area (Å²) in [6.45, 7) is 10.7. The Bertz CT molecular complexity index is 1220. The third kappa shape index (κ3) is 6.12. The number of halogens is 2. The molecule has 0 radical (unpaired) electrons. The lowest BCUT2D eigenvalue weighted by molar-refractivity contribution is -0.0471. The molecule has 1 aromatic heterocycles. The number of benzene rings is 1. The molecule has 2 aromatic rings. The minimum absolute atomic E-state index is 0.0304. The Balaban J connectivity index is 1.22. The summed E-state index contributed by atoms with van der Waals surface area (Å²) < 4.78 is 29.7. The number of rotatable bonds is 9. The fraction of sp³-hybridized carbons (Fsp3) is 0.483. The summed E-state index contributed by atoms with van der Waals surface area (Å²) in [4.78, 5) is 19.7. The smallest absolute Gasteiger partial charge is 0.164 e. The lowest BCUT2D eigenvalue weighted by Crippen LogP contribution is -2.59. The molecule has 5 rings (SSSR count). The van der Waals surface area contributed by atoms with Gasteiger partial charge in [0.1, 0.15) is 23.9 Å². The van der Waals surface area contributed by atoms with Crippen molar-refractivity contribution in [2.75, 3.05) is 63.2 Å². The third-order valence-electron chi connectivity index (χ3n) is 8.19. The fourth-order valence-corrected chi connectivity index (χ4v) is 5.96. The number of nitrogens with one attached hydrogen (secondary N) is 1. The van der Waals surface area contributed by atoms with Crippen LogP contribution in [0.5, 0.6) is 0 Å². The van der Waals surface area contributed by atoms with Gasteiger partial charge < -0.3 is 20.9 Å². The molecule has 3 N–H and O–H groups in total. The molecule has 0 bridgehead atoms. The molecule has 0 atom stereocenters. The van der Waals surface area contributed by atoms with Crippen molar-refractivity contribution < 1.29 is 8.78 Å². The zero-order valence-electron chi connectivity index (χ0n) is 22.7. The molecular formula is C29H38F2N8. The van der Waals surface area contributed by atoms with Crippen molar-refractivity contribution in [1.82, 2.24) is 14.8 Å². The molecule has 0 aliphatic carbocycles. The van der Waals surface area contributed by atoms with E-state index in [1.54, 1.807) is 6.07 Å². The Morgan fingerprint density at radius 1 is 1.18 bits per heavy atom. The van der Waals surface area contributed by atoms with Crippen LogP contribution in [0.15, 0.2) is 52.5 Å². The van der Waals surface area contributed by atoms with Crippen molar-refractivity contribution >= 4 is 29.6 Å². The summed E-state index contributed by atoms with van der Waals surface area (Å²) in [5.74, 6) is -0.677. The number of hydrogen-bond donors (Lipinski definition) is 2. The molecule has 39 heavy (non-hydrogen) atoms. The number of anilines is 2. The van der Waals surface area contributed by atoms with E-state index in [0.29, 0.717) is 22.5 Å². The average molecular weight is 537 g/mol. The zero-order valence-corrected chi connectivity index (χ0v) is 22.7. The van der Waals surface area contributed by atoms with Gasteiger partial charge in [0.15, 0.2) is 11.6 Å². The predicted molar refractivity (Wildman–Crippen MR) is 154 cm³/mol. The van der Waals surface area contributed by atoms with E-state index in [1.807, 2.05) is 17.2 Å². The highest BCUT2D eigenvalue weighted by atomic mass is 19.1. The van der Waals surface area contributed by atoms with Gasteiger partial charge in [0.05, 0.1) is 5.69 Å². The van der Waals surface area contributed by atoms with Gasteiger partial charge in [0.25, 0.3) is 0 Å². The van der Waals surface area contributed by atoms with Crippen LogP contribution in [0.25, 0.3) is 0 Å². The Morgan fingerprint density at radius 3 is 2.56 bits per heavy atom. The van der Waals surface area contributed by atoms with Crippen LogP contribution in [0.1, 0.15) is 36.8 Å². The highest BCUT2D eigenvalue weighted by Crippen LogP contribution is 2.40. The summed E-state index contributed by atoms with van der Waals surface area (Å²) in [6.07, 6.45) is 7.28. The SMILES string of the molecule is C=Nc1c(F)cc(C(=N/CNc2ccc(CN3CC4(CCN(C)CC4)C3)cn2)/C(F)=C\N)cc1N1CCCC1. The number of nitrogens with zero attached hydrogens (tertiary/aromatic N) is 6. The van der Waals surface area contributed by atoms with Crippen molar-refractivity contribution in [2.45, 2.75) is 32.2 Å². The average Bonchev–Trinajstić information content (AvgIpc) is 3.46. The van der Waals surface area contributed by atoms with E-state index >= 15 is 0 Å². The van der Waals surface area contributed by atoms with Crippen LogP contribution in [0.3, 0.4) is 0 Å². The molecule has 3 fully saturated rings. The van der Waals surface area contributed by atoms with Gasteiger partial charge in [-0.3, -0.25) is 14.9 Å². The third-order valence-corrected chi connectivity index (χ3v) is 8.19. The van der Waals surface area contributed by atoms with Crippen molar-refractivity contribution in [3.8, 4) is 0 Å². The minimum atomic E-state index is -0.733.